The van der Waals surface area contributed by atoms with Gasteiger partial charge in [0.05, 0.1) is 17.9 Å². The van der Waals surface area contributed by atoms with Crippen LogP contribution >= 0.6 is 15.9 Å². The molecule has 2 N–H and O–H groups in total. The fraction of sp³-hybridized carbons (Fsp3) is 0.520. The summed E-state index contributed by atoms with van der Waals surface area (Å²) in [5.74, 6) is -0.788. The summed E-state index contributed by atoms with van der Waals surface area (Å²) in [5, 5.41) is 20.6. The van der Waals surface area contributed by atoms with Crippen molar-refractivity contribution in [2.75, 3.05) is 6.54 Å². The number of phenolic OH excluding ortho intramolecular Hbond substituents is 1. The van der Waals surface area contributed by atoms with Gasteiger partial charge in [-0.1, -0.05) is 40.1 Å². The van der Waals surface area contributed by atoms with Crippen LogP contribution in [0.1, 0.15) is 52.0 Å². The normalized spacial score (nSPS) is 27.8. The molecule has 0 radical (unpaired) electrons. The molecule has 0 unspecified atom stereocenters. The summed E-state index contributed by atoms with van der Waals surface area (Å²) in [4.78, 5) is 27.5. The van der Waals surface area contributed by atoms with E-state index in [9.17, 15) is 19.7 Å². The molecule has 8 heteroatoms. The van der Waals surface area contributed by atoms with E-state index < -0.39 is 7.12 Å². The van der Waals surface area contributed by atoms with E-state index in [1.54, 1.807) is 12.1 Å². The summed E-state index contributed by atoms with van der Waals surface area (Å²) >= 11 is 3.44. The van der Waals surface area contributed by atoms with Crippen molar-refractivity contribution < 1.29 is 24.4 Å². The molecule has 0 bridgehead atoms. The molecule has 1 aromatic carbocycles. The van der Waals surface area contributed by atoms with Gasteiger partial charge in [-0.25, -0.2) is 0 Å². The van der Waals surface area contributed by atoms with Crippen LogP contribution in [0.25, 0.3) is 6.08 Å². The number of aromatic hydroxyl groups is 1. The second kappa shape index (κ2) is 9.76. The maximum atomic E-state index is 13.2. The number of carbonyl (C=O) groups is 2. The SMILES string of the molecule is CCCN1C(=O)[C@@H]2[C@@H](CC(C)=C3[C@@H](CC/C(C)=C/c4cc(Br)ccc4O)OB(O)C[C@@H]32)C1=O. The van der Waals surface area contributed by atoms with E-state index >= 15 is 0 Å². The maximum absolute atomic E-state index is 13.2. The van der Waals surface area contributed by atoms with Gasteiger partial charge in [0.25, 0.3) is 0 Å². The number of halogens is 1. The molecule has 1 aromatic rings. The van der Waals surface area contributed by atoms with E-state index in [4.69, 9.17) is 4.65 Å². The zero-order chi connectivity index (χ0) is 23.9. The van der Waals surface area contributed by atoms with Crippen molar-refractivity contribution in [1.82, 2.24) is 4.90 Å². The van der Waals surface area contributed by atoms with Crippen molar-refractivity contribution >= 4 is 40.9 Å². The predicted octanol–water partition coefficient (Wildman–Crippen LogP) is 4.57. The van der Waals surface area contributed by atoms with Crippen LogP contribution in [-0.2, 0) is 14.2 Å². The van der Waals surface area contributed by atoms with E-state index in [0.29, 0.717) is 25.7 Å². The number of carbonyl (C=O) groups excluding carboxylic acids is 2. The van der Waals surface area contributed by atoms with Crippen molar-refractivity contribution in [3.05, 3.63) is 45.0 Å². The molecular formula is C25H31BBrNO5. The maximum Gasteiger partial charge on any atom is 0.455 e. The van der Waals surface area contributed by atoms with E-state index in [1.807, 2.05) is 32.9 Å². The molecule has 6 nitrogen and oxygen atoms in total. The molecule has 4 atom stereocenters. The summed E-state index contributed by atoms with van der Waals surface area (Å²) in [6.07, 6.45) is 4.72. The second-order valence-corrected chi connectivity index (χ2v) is 10.5. The van der Waals surface area contributed by atoms with Gasteiger partial charge >= 0.3 is 7.12 Å². The number of fused-ring (bicyclic) bond motifs is 3. The van der Waals surface area contributed by atoms with Crippen LogP contribution in [0.4, 0.5) is 0 Å². The minimum absolute atomic E-state index is 0.0598. The Morgan fingerprint density at radius 1 is 1.30 bits per heavy atom. The number of allylic oxidation sites excluding steroid dienone is 2. The molecule has 0 saturated carbocycles. The summed E-state index contributed by atoms with van der Waals surface area (Å²) in [6, 6.07) is 5.32. The molecule has 2 saturated heterocycles. The van der Waals surface area contributed by atoms with Gasteiger partial charge in [-0.15, -0.1) is 0 Å². The number of likely N-dealkylation sites (tertiary alicyclic amines) is 1. The topological polar surface area (TPSA) is 87.1 Å². The molecule has 33 heavy (non-hydrogen) atoms. The van der Waals surface area contributed by atoms with Gasteiger partial charge in [-0.05, 0) is 75.5 Å². The Bertz CT molecular complexity index is 1020. The average molecular weight is 516 g/mol. The Morgan fingerprint density at radius 3 is 2.79 bits per heavy atom. The Labute approximate surface area is 204 Å². The first-order valence-corrected chi connectivity index (χ1v) is 12.5. The minimum atomic E-state index is -0.947. The largest absolute Gasteiger partial charge is 0.507 e. The molecule has 0 spiro atoms. The lowest BCUT2D eigenvalue weighted by Crippen LogP contribution is -2.46. The zero-order valence-electron chi connectivity index (χ0n) is 19.4. The number of benzene rings is 1. The Morgan fingerprint density at radius 2 is 2.06 bits per heavy atom. The van der Waals surface area contributed by atoms with Crippen LogP contribution in [0.15, 0.2) is 39.4 Å². The number of hydrogen-bond donors (Lipinski definition) is 2. The highest BCUT2D eigenvalue weighted by Crippen LogP contribution is 2.50. The molecule has 1 aliphatic carbocycles. The number of amides is 2. The van der Waals surface area contributed by atoms with Crippen LogP contribution < -0.4 is 0 Å². The molecule has 4 rings (SSSR count). The molecule has 3 aliphatic rings. The van der Waals surface area contributed by atoms with Gasteiger partial charge in [-0.3, -0.25) is 14.5 Å². The van der Waals surface area contributed by atoms with Crippen LogP contribution in [0, 0.1) is 17.8 Å². The molecule has 2 heterocycles. The van der Waals surface area contributed by atoms with Crippen molar-refractivity contribution in [2.45, 2.75) is 58.9 Å². The van der Waals surface area contributed by atoms with Crippen molar-refractivity contribution in [2.24, 2.45) is 17.8 Å². The summed E-state index contributed by atoms with van der Waals surface area (Å²) in [5.41, 5.74) is 4.03. The molecule has 0 aromatic heterocycles. The number of nitrogens with zero attached hydrogens (tertiary/aromatic N) is 1. The molecular weight excluding hydrogens is 485 g/mol. The number of hydrogen-bond acceptors (Lipinski definition) is 5. The first kappa shape index (κ1) is 24.2. The van der Waals surface area contributed by atoms with Crippen molar-refractivity contribution in [3.8, 4) is 5.75 Å². The van der Waals surface area contributed by atoms with Gasteiger partial charge in [0.2, 0.25) is 11.8 Å². The van der Waals surface area contributed by atoms with E-state index in [0.717, 1.165) is 39.6 Å². The molecule has 2 aliphatic heterocycles. The lowest BCUT2D eigenvalue weighted by atomic mass is 9.59. The lowest BCUT2D eigenvalue weighted by molar-refractivity contribution is -0.140. The molecule has 2 amide bonds. The average Bonchev–Trinajstić information content (AvgIpc) is 2.99. The lowest BCUT2D eigenvalue weighted by Gasteiger charge is -2.42. The van der Waals surface area contributed by atoms with Crippen molar-refractivity contribution in [3.63, 3.8) is 0 Å². The quantitative estimate of drug-likeness (QED) is 0.329. The summed E-state index contributed by atoms with van der Waals surface area (Å²) in [7, 11) is -0.947. The Kier molecular flexibility index (Phi) is 7.17. The zero-order valence-corrected chi connectivity index (χ0v) is 21.0. The fourth-order valence-corrected chi connectivity index (χ4v) is 6.15. The monoisotopic (exact) mass is 515 g/mol. The Balaban J connectivity index is 1.55. The fourth-order valence-electron chi connectivity index (χ4n) is 5.77. The minimum Gasteiger partial charge on any atom is -0.507 e. The summed E-state index contributed by atoms with van der Waals surface area (Å²) in [6.45, 7) is 6.47. The predicted molar refractivity (Wildman–Crippen MR) is 131 cm³/mol. The number of imide groups is 1. The van der Waals surface area contributed by atoms with Gasteiger partial charge in [-0.2, -0.15) is 0 Å². The first-order valence-electron chi connectivity index (χ1n) is 11.7. The molecule has 2 fully saturated rings. The Hall–Kier alpha value is -1.90. The van der Waals surface area contributed by atoms with Crippen LogP contribution in [0.2, 0.25) is 6.32 Å². The second-order valence-electron chi connectivity index (χ2n) is 9.55. The standard InChI is InChI=1S/C25H31BBrNO5/c1-4-9-28-24(30)18-11-15(3)22-19(23(18)25(28)31)13-26(32)33-21(22)8-5-14(2)10-16-12-17(27)6-7-20(16)29/h6-7,10,12,18-19,21,23,29,32H,4-5,8-9,11,13H2,1-3H3/b14-10+/t18-,19+,21-,23-/m1/s1. The third kappa shape index (κ3) is 4.70. The van der Waals surface area contributed by atoms with Gasteiger partial charge in [0.1, 0.15) is 5.75 Å². The molecule has 176 valence electrons. The highest BCUT2D eigenvalue weighted by molar-refractivity contribution is 9.10. The first-order chi connectivity index (χ1) is 15.7. The third-order valence-corrected chi connectivity index (χ3v) is 7.68. The van der Waals surface area contributed by atoms with Crippen LogP contribution in [0.3, 0.4) is 0 Å². The van der Waals surface area contributed by atoms with Crippen LogP contribution in [0.5, 0.6) is 5.75 Å². The van der Waals surface area contributed by atoms with E-state index in [1.165, 1.54) is 4.90 Å². The van der Waals surface area contributed by atoms with Crippen LogP contribution in [-0.4, -0.2) is 46.6 Å². The van der Waals surface area contributed by atoms with Gasteiger partial charge in [0, 0.05) is 16.6 Å². The third-order valence-electron chi connectivity index (χ3n) is 7.18. The summed E-state index contributed by atoms with van der Waals surface area (Å²) < 4.78 is 6.85. The number of rotatable bonds is 6. The highest BCUT2D eigenvalue weighted by Gasteiger charge is 2.56. The van der Waals surface area contributed by atoms with Gasteiger partial charge in [0.15, 0.2) is 0 Å². The van der Waals surface area contributed by atoms with Gasteiger partial charge < -0.3 is 14.8 Å². The van der Waals surface area contributed by atoms with Crippen molar-refractivity contribution in [1.29, 1.82) is 0 Å². The van der Waals surface area contributed by atoms with E-state index in [2.05, 4.69) is 15.9 Å². The smallest absolute Gasteiger partial charge is 0.455 e. The highest BCUT2D eigenvalue weighted by atomic mass is 79.9. The van der Waals surface area contributed by atoms with E-state index in [-0.39, 0.29) is 41.4 Å². The number of phenols is 1.